The van der Waals surface area contributed by atoms with Crippen molar-refractivity contribution in [3.05, 3.63) is 24.3 Å². The number of nitrogens with zero attached hydrogens (tertiary/aromatic N) is 4. The standard InChI is InChI=1S/C24H36N4O6/c29-21(25-11-5-1-6-12-25)15-27(17-23(31)32)19-9-3-4-10-20(19)28(18-24(33)34)16-22(30)26-13-7-2-8-14-26/h3-4,9-10,19-20H,1-2,5-8,11-18H2,(H,31,32)(H,33,34). The molecule has 10 heteroatoms. The molecule has 2 N–H and O–H groups in total. The summed E-state index contributed by atoms with van der Waals surface area (Å²) < 4.78 is 0. The van der Waals surface area contributed by atoms with Crippen LogP contribution in [0.1, 0.15) is 38.5 Å². The van der Waals surface area contributed by atoms with E-state index in [2.05, 4.69) is 0 Å². The normalized spacial score (nSPS) is 22.9. The first-order chi connectivity index (χ1) is 16.3. The summed E-state index contributed by atoms with van der Waals surface area (Å²) in [5.74, 6) is -2.39. The quantitative estimate of drug-likeness (QED) is 0.471. The SMILES string of the molecule is O=C(O)CN(CC(=O)N1CCCCC1)C1C=CC=CC1N(CC(=O)O)CC(=O)N1CCCCC1. The Hall–Kier alpha value is -2.72. The maximum Gasteiger partial charge on any atom is 0.317 e. The Morgan fingerprint density at radius 1 is 0.618 bits per heavy atom. The number of hydrogen-bond donors (Lipinski definition) is 2. The molecule has 2 fully saturated rings. The molecule has 2 atom stereocenters. The topological polar surface area (TPSA) is 122 Å². The predicted molar refractivity (Wildman–Crippen MR) is 125 cm³/mol. The van der Waals surface area contributed by atoms with E-state index >= 15 is 0 Å². The van der Waals surface area contributed by atoms with Crippen LogP contribution in [0.15, 0.2) is 24.3 Å². The van der Waals surface area contributed by atoms with E-state index in [0.29, 0.717) is 26.2 Å². The van der Waals surface area contributed by atoms with E-state index in [4.69, 9.17) is 0 Å². The molecule has 0 radical (unpaired) electrons. The van der Waals surface area contributed by atoms with Gasteiger partial charge in [-0.15, -0.1) is 0 Å². The van der Waals surface area contributed by atoms with Crippen LogP contribution in [0.3, 0.4) is 0 Å². The van der Waals surface area contributed by atoms with E-state index in [1.165, 1.54) is 0 Å². The van der Waals surface area contributed by atoms with Crippen molar-refractivity contribution >= 4 is 23.8 Å². The lowest BCUT2D eigenvalue weighted by atomic mass is 9.98. The van der Waals surface area contributed by atoms with Crippen molar-refractivity contribution < 1.29 is 29.4 Å². The first kappa shape index (κ1) is 25.9. The number of carboxylic acid groups (broad SMARTS) is 2. The fraction of sp³-hybridized carbons (Fsp3) is 0.667. The van der Waals surface area contributed by atoms with Crippen molar-refractivity contribution in [3.8, 4) is 0 Å². The molecule has 2 saturated heterocycles. The number of likely N-dealkylation sites (tertiary alicyclic amines) is 2. The Morgan fingerprint density at radius 2 is 0.971 bits per heavy atom. The van der Waals surface area contributed by atoms with Gasteiger partial charge in [-0.25, -0.2) is 0 Å². The van der Waals surface area contributed by atoms with Gasteiger partial charge in [0.05, 0.1) is 26.2 Å². The molecule has 34 heavy (non-hydrogen) atoms. The molecule has 10 nitrogen and oxygen atoms in total. The first-order valence-electron chi connectivity index (χ1n) is 12.2. The average Bonchev–Trinajstić information content (AvgIpc) is 2.83. The lowest BCUT2D eigenvalue weighted by Gasteiger charge is -2.41. The van der Waals surface area contributed by atoms with Crippen molar-refractivity contribution in [1.82, 2.24) is 19.6 Å². The van der Waals surface area contributed by atoms with Crippen LogP contribution in [0.25, 0.3) is 0 Å². The average molecular weight is 477 g/mol. The third-order valence-corrected chi connectivity index (χ3v) is 6.69. The number of rotatable bonds is 10. The molecule has 2 heterocycles. The highest BCUT2D eigenvalue weighted by Gasteiger charge is 2.35. The molecular formula is C24H36N4O6. The van der Waals surface area contributed by atoms with E-state index in [1.54, 1.807) is 43.9 Å². The minimum absolute atomic E-state index is 0.0768. The summed E-state index contributed by atoms with van der Waals surface area (Å²) >= 11 is 0. The molecule has 3 aliphatic rings. The Bertz CT molecular complexity index is 735. The summed E-state index contributed by atoms with van der Waals surface area (Å²) in [5, 5.41) is 19.1. The fourth-order valence-corrected chi connectivity index (χ4v) is 4.97. The number of allylic oxidation sites excluding steroid dienone is 2. The molecule has 0 aromatic carbocycles. The van der Waals surface area contributed by atoms with Gasteiger partial charge in [0, 0.05) is 38.3 Å². The van der Waals surface area contributed by atoms with Gasteiger partial charge in [-0.2, -0.15) is 0 Å². The molecule has 2 unspecified atom stereocenters. The predicted octanol–water partition coefficient (Wildman–Crippen LogP) is 0.648. The highest BCUT2D eigenvalue weighted by molar-refractivity contribution is 5.80. The second kappa shape index (κ2) is 12.7. The van der Waals surface area contributed by atoms with Gasteiger partial charge in [0.15, 0.2) is 0 Å². The number of carboxylic acids is 2. The molecule has 2 amide bonds. The maximum atomic E-state index is 13.0. The van der Waals surface area contributed by atoms with Gasteiger partial charge in [-0.05, 0) is 38.5 Å². The number of amides is 2. The van der Waals surface area contributed by atoms with E-state index in [-0.39, 0.29) is 38.0 Å². The van der Waals surface area contributed by atoms with E-state index in [9.17, 15) is 29.4 Å². The molecule has 188 valence electrons. The summed E-state index contributed by atoms with van der Waals surface area (Å²) in [7, 11) is 0. The number of hydrogen-bond acceptors (Lipinski definition) is 6. The molecule has 0 saturated carbocycles. The number of carbonyl (C=O) groups excluding carboxylic acids is 2. The van der Waals surface area contributed by atoms with Crippen LogP contribution in [0.5, 0.6) is 0 Å². The molecular weight excluding hydrogens is 440 g/mol. The van der Waals surface area contributed by atoms with Crippen molar-refractivity contribution in [1.29, 1.82) is 0 Å². The third kappa shape index (κ3) is 7.39. The first-order valence-corrected chi connectivity index (χ1v) is 12.2. The minimum Gasteiger partial charge on any atom is -0.480 e. The summed E-state index contributed by atoms with van der Waals surface area (Å²) in [6.07, 6.45) is 13.0. The van der Waals surface area contributed by atoms with Crippen LogP contribution in [0, 0.1) is 0 Å². The molecule has 0 aromatic heterocycles. The number of aliphatic carboxylic acids is 2. The fourth-order valence-electron chi connectivity index (χ4n) is 4.97. The van der Waals surface area contributed by atoms with E-state index in [1.807, 2.05) is 0 Å². The second-order valence-corrected chi connectivity index (χ2v) is 9.23. The summed E-state index contributed by atoms with van der Waals surface area (Å²) in [6.45, 7) is 1.79. The second-order valence-electron chi connectivity index (χ2n) is 9.23. The van der Waals surface area contributed by atoms with Gasteiger partial charge in [-0.1, -0.05) is 24.3 Å². The zero-order valence-corrected chi connectivity index (χ0v) is 19.7. The molecule has 3 rings (SSSR count). The highest BCUT2D eigenvalue weighted by Crippen LogP contribution is 2.20. The van der Waals surface area contributed by atoms with Gasteiger partial charge < -0.3 is 20.0 Å². The Labute approximate surface area is 200 Å². The number of piperidine rings is 2. The third-order valence-electron chi connectivity index (χ3n) is 6.69. The zero-order chi connectivity index (χ0) is 24.5. The van der Waals surface area contributed by atoms with Crippen molar-refractivity contribution in [2.24, 2.45) is 0 Å². The van der Waals surface area contributed by atoms with E-state index in [0.717, 1.165) is 38.5 Å². The van der Waals surface area contributed by atoms with Gasteiger partial charge in [-0.3, -0.25) is 29.0 Å². The van der Waals surface area contributed by atoms with Crippen LogP contribution in [-0.4, -0.2) is 118 Å². The smallest absolute Gasteiger partial charge is 0.317 e. The lowest BCUT2D eigenvalue weighted by molar-refractivity contribution is -0.144. The van der Waals surface area contributed by atoms with Crippen molar-refractivity contribution in [2.75, 3.05) is 52.4 Å². The lowest BCUT2D eigenvalue weighted by Crippen LogP contribution is -2.57. The van der Waals surface area contributed by atoms with Crippen LogP contribution in [-0.2, 0) is 19.2 Å². The molecule has 1 aliphatic carbocycles. The number of carbonyl (C=O) groups is 4. The monoisotopic (exact) mass is 476 g/mol. The summed E-state index contributed by atoms with van der Waals surface area (Å²) in [5.41, 5.74) is 0. The van der Waals surface area contributed by atoms with Crippen LogP contribution < -0.4 is 0 Å². The van der Waals surface area contributed by atoms with Crippen LogP contribution in [0.2, 0.25) is 0 Å². The van der Waals surface area contributed by atoms with E-state index < -0.39 is 24.0 Å². The molecule has 0 aromatic rings. The van der Waals surface area contributed by atoms with Crippen molar-refractivity contribution in [2.45, 2.75) is 50.6 Å². The van der Waals surface area contributed by atoms with Gasteiger partial charge in [0.2, 0.25) is 11.8 Å². The minimum atomic E-state index is -1.07. The summed E-state index contributed by atoms with van der Waals surface area (Å²) in [4.78, 5) is 55.9. The van der Waals surface area contributed by atoms with Gasteiger partial charge in [0.1, 0.15) is 0 Å². The molecule has 0 bridgehead atoms. The Morgan fingerprint density at radius 3 is 1.29 bits per heavy atom. The zero-order valence-electron chi connectivity index (χ0n) is 19.7. The Balaban J connectivity index is 1.78. The highest BCUT2D eigenvalue weighted by atomic mass is 16.4. The summed E-state index contributed by atoms with van der Waals surface area (Å²) in [6, 6.07) is -1.10. The molecule has 0 spiro atoms. The van der Waals surface area contributed by atoms with Gasteiger partial charge in [0.25, 0.3) is 0 Å². The Kier molecular flexibility index (Phi) is 9.64. The van der Waals surface area contributed by atoms with Crippen LogP contribution in [0.4, 0.5) is 0 Å². The molecule has 2 aliphatic heterocycles. The van der Waals surface area contributed by atoms with Gasteiger partial charge >= 0.3 is 11.9 Å². The largest absolute Gasteiger partial charge is 0.480 e. The maximum absolute atomic E-state index is 13.0. The van der Waals surface area contributed by atoms with Crippen LogP contribution >= 0.6 is 0 Å². The van der Waals surface area contributed by atoms with Crippen molar-refractivity contribution in [3.63, 3.8) is 0 Å².